The number of rotatable bonds is 49. The zero-order valence-corrected chi connectivity index (χ0v) is 46.4. The molecule has 13 heteroatoms. The molecule has 0 amide bonds. The van der Waals surface area contributed by atoms with Crippen molar-refractivity contribution in [2.45, 2.75) is 258 Å². The minimum absolute atomic E-state index is 0.0496. The highest BCUT2D eigenvalue weighted by molar-refractivity contribution is 5.72. The van der Waals surface area contributed by atoms with Crippen molar-refractivity contribution in [2.24, 2.45) is 11.8 Å². The number of nitrogens with zero attached hydrogens (tertiary/aromatic N) is 2. The van der Waals surface area contributed by atoms with Crippen LogP contribution in [0.5, 0.6) is 0 Å². The van der Waals surface area contributed by atoms with Gasteiger partial charge in [0.25, 0.3) is 0 Å². The molecule has 0 aromatic rings. The Labute approximate surface area is 428 Å². The number of likely N-dealkylation sites (N-methyl/N-ethyl adjacent to an activating group) is 2. The van der Waals surface area contributed by atoms with Gasteiger partial charge in [-0.15, -0.1) is 0 Å². The Bertz CT molecular complexity index is 1250. The molecule has 1 aliphatic rings. The second kappa shape index (κ2) is 45.3. The molecule has 1 heterocycles. The van der Waals surface area contributed by atoms with Crippen LogP contribution < -0.4 is 0 Å². The SMILES string of the molecule is CCCCCC(CCCCC)CCOC(=O)CCCCCCCCOC1[C@@H](COC(=O)CN(C)C)O[C@@H](OC(=O)CN(C)C)[C@H]1OCCCCCCCCC(=O)OCCC(CCCCC)CCCCC. The van der Waals surface area contributed by atoms with E-state index in [1.807, 2.05) is 0 Å². The van der Waals surface area contributed by atoms with Crippen LogP contribution in [0.2, 0.25) is 0 Å². The molecule has 1 fully saturated rings. The molecule has 13 nitrogen and oxygen atoms in total. The molecule has 0 radical (unpaired) electrons. The fourth-order valence-corrected chi connectivity index (χ4v) is 9.22. The van der Waals surface area contributed by atoms with Crippen LogP contribution in [0.1, 0.15) is 233 Å². The maximum atomic E-state index is 12.9. The zero-order chi connectivity index (χ0) is 51.5. The maximum absolute atomic E-state index is 12.9. The monoisotopic (exact) mass is 997 g/mol. The highest BCUT2D eigenvalue weighted by atomic mass is 16.7. The quantitative estimate of drug-likeness (QED) is 0.0325. The smallest absolute Gasteiger partial charge is 0.322 e. The van der Waals surface area contributed by atoms with Gasteiger partial charge in [-0.25, -0.2) is 0 Å². The van der Waals surface area contributed by atoms with Crippen molar-refractivity contribution >= 4 is 23.9 Å². The summed E-state index contributed by atoms with van der Waals surface area (Å²) in [6, 6.07) is 0. The second-order valence-electron chi connectivity index (χ2n) is 20.8. The van der Waals surface area contributed by atoms with Crippen LogP contribution in [0.25, 0.3) is 0 Å². The molecule has 0 aliphatic carbocycles. The number of hydrogen-bond donors (Lipinski definition) is 0. The molecule has 0 saturated carbocycles. The first kappa shape index (κ1) is 65.7. The van der Waals surface area contributed by atoms with Crippen LogP contribution in [0.4, 0.5) is 0 Å². The van der Waals surface area contributed by atoms with Gasteiger partial charge in [-0.2, -0.15) is 0 Å². The van der Waals surface area contributed by atoms with Crippen molar-refractivity contribution in [3.8, 4) is 0 Å². The summed E-state index contributed by atoms with van der Waals surface area (Å²) in [6.45, 7) is 11.1. The van der Waals surface area contributed by atoms with Gasteiger partial charge in [0.1, 0.15) is 24.9 Å². The molecule has 412 valence electrons. The molecule has 0 aromatic heterocycles. The van der Waals surface area contributed by atoms with E-state index >= 15 is 0 Å². The summed E-state index contributed by atoms with van der Waals surface area (Å²) in [4.78, 5) is 53.9. The number of hydrogen-bond acceptors (Lipinski definition) is 13. The van der Waals surface area contributed by atoms with Gasteiger partial charge in [0.15, 0.2) is 0 Å². The van der Waals surface area contributed by atoms with Crippen LogP contribution in [-0.4, -0.2) is 133 Å². The average molecular weight is 997 g/mol. The summed E-state index contributed by atoms with van der Waals surface area (Å²) in [5.41, 5.74) is 0. The largest absolute Gasteiger partial charge is 0.466 e. The van der Waals surface area contributed by atoms with E-state index in [-0.39, 0.29) is 37.6 Å². The Balaban J connectivity index is 2.59. The summed E-state index contributed by atoms with van der Waals surface area (Å²) in [5, 5.41) is 0. The Morgan fingerprint density at radius 1 is 0.414 bits per heavy atom. The molecule has 0 bridgehead atoms. The van der Waals surface area contributed by atoms with Crippen LogP contribution in [0.15, 0.2) is 0 Å². The van der Waals surface area contributed by atoms with Crippen molar-refractivity contribution < 1.29 is 52.3 Å². The lowest BCUT2D eigenvalue weighted by atomic mass is 9.92. The van der Waals surface area contributed by atoms with Crippen molar-refractivity contribution in [1.82, 2.24) is 9.80 Å². The molecule has 1 unspecified atom stereocenters. The van der Waals surface area contributed by atoms with Crippen molar-refractivity contribution in [3.05, 3.63) is 0 Å². The molecule has 70 heavy (non-hydrogen) atoms. The summed E-state index contributed by atoms with van der Waals surface area (Å²) < 4.78 is 41.9. The first-order chi connectivity index (χ1) is 33.9. The number of ether oxygens (including phenoxy) is 7. The predicted molar refractivity (Wildman–Crippen MR) is 282 cm³/mol. The molecule has 1 saturated heterocycles. The minimum atomic E-state index is -1.01. The third-order valence-corrected chi connectivity index (χ3v) is 13.4. The Hall–Kier alpha value is -2.32. The van der Waals surface area contributed by atoms with Gasteiger partial charge in [-0.05, 0) is 78.6 Å². The Morgan fingerprint density at radius 2 is 0.800 bits per heavy atom. The average Bonchev–Trinajstić information content (AvgIpc) is 3.63. The molecule has 0 spiro atoms. The predicted octanol–water partition coefficient (Wildman–Crippen LogP) is 12.6. The van der Waals surface area contributed by atoms with Crippen molar-refractivity contribution in [1.29, 1.82) is 0 Å². The highest BCUT2D eigenvalue weighted by Crippen LogP contribution is 2.30. The highest BCUT2D eigenvalue weighted by Gasteiger charge is 2.49. The van der Waals surface area contributed by atoms with E-state index in [0.29, 0.717) is 51.1 Å². The lowest BCUT2D eigenvalue weighted by Gasteiger charge is -2.25. The van der Waals surface area contributed by atoms with Gasteiger partial charge in [0.2, 0.25) is 6.29 Å². The molecule has 0 aromatic carbocycles. The third-order valence-electron chi connectivity index (χ3n) is 13.4. The van der Waals surface area contributed by atoms with Gasteiger partial charge in [-0.1, -0.05) is 182 Å². The van der Waals surface area contributed by atoms with E-state index in [2.05, 4.69) is 27.7 Å². The van der Waals surface area contributed by atoms with E-state index in [4.69, 9.17) is 33.2 Å². The summed E-state index contributed by atoms with van der Waals surface area (Å²) in [6.07, 6.45) is 31.3. The normalized spacial score (nSPS) is 17.0. The molecule has 1 rings (SSSR count). The molecule has 1 aliphatic heterocycles. The summed E-state index contributed by atoms with van der Waals surface area (Å²) >= 11 is 0. The van der Waals surface area contributed by atoms with E-state index in [1.165, 1.54) is 103 Å². The van der Waals surface area contributed by atoms with E-state index < -0.39 is 30.6 Å². The number of carbonyl (C=O) groups excluding carboxylic acids is 4. The lowest BCUT2D eigenvalue weighted by molar-refractivity contribution is -0.197. The number of esters is 4. The fraction of sp³-hybridized carbons (Fsp3) is 0.930. The Morgan fingerprint density at radius 3 is 1.21 bits per heavy atom. The molecular formula is C57H108N2O11. The van der Waals surface area contributed by atoms with Crippen LogP contribution in [0.3, 0.4) is 0 Å². The van der Waals surface area contributed by atoms with E-state index in [0.717, 1.165) is 89.9 Å². The molecule has 0 N–H and O–H groups in total. The fourth-order valence-electron chi connectivity index (χ4n) is 9.22. The van der Waals surface area contributed by atoms with Gasteiger partial charge in [0, 0.05) is 26.1 Å². The third kappa shape index (κ3) is 36.6. The van der Waals surface area contributed by atoms with Crippen molar-refractivity contribution in [3.63, 3.8) is 0 Å². The topological polar surface area (TPSA) is 139 Å². The first-order valence-electron chi connectivity index (χ1n) is 28.8. The zero-order valence-electron chi connectivity index (χ0n) is 46.4. The molecule has 4 atom stereocenters. The van der Waals surface area contributed by atoms with Gasteiger partial charge in [0.05, 0.1) is 26.3 Å². The lowest BCUT2D eigenvalue weighted by Crippen LogP contribution is -2.41. The first-order valence-corrected chi connectivity index (χ1v) is 28.8. The van der Waals surface area contributed by atoms with Gasteiger partial charge >= 0.3 is 23.9 Å². The Kier molecular flexibility index (Phi) is 42.5. The molecular weight excluding hydrogens is 889 g/mol. The standard InChI is InChI=1S/C57H108N2O11/c1-9-13-25-33-48(34-26-14-10-2)39-43-64-51(60)37-29-21-17-19-23-31-41-66-55-50(47-68-53(62)45-58(5)6)69-57(70-54(63)46-59(7)8)56(55)67-42-32-24-20-18-22-30-38-52(61)65-44-40-49(35-27-15-11-3)36-28-16-12-4/h48-50,55-57H,9-47H2,1-8H3/t50-,55?,56+,57+/m1/s1. The van der Waals surface area contributed by atoms with Crippen LogP contribution in [-0.2, 0) is 52.3 Å². The maximum Gasteiger partial charge on any atom is 0.322 e. The van der Waals surface area contributed by atoms with Crippen LogP contribution >= 0.6 is 0 Å². The minimum Gasteiger partial charge on any atom is -0.466 e. The number of unbranched alkanes of at least 4 members (excludes halogenated alkanes) is 18. The second-order valence-corrected chi connectivity index (χ2v) is 20.8. The van der Waals surface area contributed by atoms with E-state index in [9.17, 15) is 19.2 Å². The number of carbonyl (C=O) groups is 4. The van der Waals surface area contributed by atoms with Crippen LogP contribution in [0, 0.1) is 11.8 Å². The summed E-state index contributed by atoms with van der Waals surface area (Å²) in [7, 11) is 7.20. The van der Waals surface area contributed by atoms with Crippen molar-refractivity contribution in [2.75, 3.05) is 74.3 Å². The van der Waals surface area contributed by atoms with Gasteiger partial charge < -0.3 is 33.2 Å². The van der Waals surface area contributed by atoms with Gasteiger partial charge in [-0.3, -0.25) is 29.0 Å². The summed E-state index contributed by atoms with van der Waals surface area (Å²) in [5.74, 6) is 0.344. The van der Waals surface area contributed by atoms with E-state index in [1.54, 1.807) is 38.0 Å².